The predicted octanol–water partition coefficient (Wildman–Crippen LogP) is 3.82. The van der Waals surface area contributed by atoms with Crippen molar-refractivity contribution in [1.29, 1.82) is 0 Å². The first kappa shape index (κ1) is 12.0. The van der Waals surface area contributed by atoms with Crippen molar-refractivity contribution >= 4 is 0 Å². The van der Waals surface area contributed by atoms with Crippen molar-refractivity contribution in [2.75, 3.05) is 0 Å². The lowest BCUT2D eigenvalue weighted by atomic mass is 9.60. The van der Waals surface area contributed by atoms with Gasteiger partial charge in [0.15, 0.2) is 0 Å². The Morgan fingerprint density at radius 3 is 2.68 bits per heavy atom. The molecule has 3 aliphatic rings. The van der Waals surface area contributed by atoms with Crippen LogP contribution in [0.5, 0.6) is 0 Å². The van der Waals surface area contributed by atoms with E-state index in [1.165, 1.54) is 37.7 Å². The van der Waals surface area contributed by atoms with Crippen molar-refractivity contribution in [2.24, 2.45) is 17.8 Å². The van der Waals surface area contributed by atoms with Crippen molar-refractivity contribution in [3.05, 3.63) is 34.9 Å². The molecule has 19 heavy (non-hydrogen) atoms. The van der Waals surface area contributed by atoms with Gasteiger partial charge in [-0.2, -0.15) is 0 Å². The van der Waals surface area contributed by atoms with E-state index in [0.29, 0.717) is 5.92 Å². The summed E-state index contributed by atoms with van der Waals surface area (Å²) < 4.78 is 0. The van der Waals surface area contributed by atoms with E-state index in [9.17, 15) is 5.11 Å². The van der Waals surface area contributed by atoms with Gasteiger partial charge in [-0.15, -0.1) is 0 Å². The molecule has 2 fully saturated rings. The molecule has 1 heteroatoms. The van der Waals surface area contributed by atoms with Crippen LogP contribution in [-0.4, -0.2) is 11.2 Å². The maximum Gasteiger partial charge on any atom is 0.0571 e. The Bertz CT molecular complexity index is 492. The number of hydrogen-bond donors (Lipinski definition) is 1. The van der Waals surface area contributed by atoms with E-state index >= 15 is 0 Å². The zero-order chi connectivity index (χ0) is 13.0. The molecule has 4 rings (SSSR count). The monoisotopic (exact) mass is 256 g/mol. The Morgan fingerprint density at radius 1 is 0.947 bits per heavy atom. The van der Waals surface area contributed by atoms with Crippen LogP contribution in [0.4, 0.5) is 0 Å². The van der Waals surface area contributed by atoms with Gasteiger partial charge in [0.2, 0.25) is 0 Å². The lowest BCUT2D eigenvalue weighted by Gasteiger charge is -2.45. The molecule has 3 aliphatic carbocycles. The van der Waals surface area contributed by atoms with Crippen LogP contribution in [0.25, 0.3) is 0 Å². The van der Waals surface area contributed by atoms with Gasteiger partial charge < -0.3 is 5.11 Å². The summed E-state index contributed by atoms with van der Waals surface area (Å²) in [6.45, 7) is 2.29. The van der Waals surface area contributed by atoms with Crippen LogP contribution in [-0.2, 0) is 6.42 Å². The third-order valence-electron chi connectivity index (χ3n) is 6.25. The second-order valence-electron chi connectivity index (χ2n) is 7.01. The third-order valence-corrected chi connectivity index (χ3v) is 6.25. The highest BCUT2D eigenvalue weighted by molar-refractivity contribution is 5.40. The predicted molar refractivity (Wildman–Crippen MR) is 77.2 cm³/mol. The second kappa shape index (κ2) is 4.34. The van der Waals surface area contributed by atoms with Gasteiger partial charge in [-0.1, -0.05) is 18.2 Å². The summed E-state index contributed by atoms with van der Waals surface area (Å²) in [7, 11) is 0. The van der Waals surface area contributed by atoms with Gasteiger partial charge in [0.25, 0.3) is 0 Å². The Morgan fingerprint density at radius 2 is 1.79 bits per heavy atom. The average molecular weight is 256 g/mol. The topological polar surface area (TPSA) is 20.2 Å². The number of rotatable bonds is 0. The third kappa shape index (κ3) is 1.71. The minimum absolute atomic E-state index is 0.00390. The minimum Gasteiger partial charge on any atom is -0.393 e. The molecule has 0 saturated heterocycles. The van der Waals surface area contributed by atoms with Gasteiger partial charge >= 0.3 is 0 Å². The first-order valence-corrected chi connectivity index (χ1v) is 8.02. The molecule has 1 N–H and O–H groups in total. The molecule has 0 spiro atoms. The fraction of sp³-hybridized carbons (Fsp3) is 0.667. The molecule has 0 bridgehead atoms. The van der Waals surface area contributed by atoms with Crippen LogP contribution in [0.2, 0.25) is 0 Å². The highest BCUT2D eigenvalue weighted by Crippen LogP contribution is 2.55. The molecule has 0 heterocycles. The van der Waals surface area contributed by atoms with E-state index in [1.54, 1.807) is 11.1 Å². The normalized spacial score (nSPS) is 40.4. The number of aryl methyl sites for hydroxylation is 2. The first-order chi connectivity index (χ1) is 9.25. The summed E-state index contributed by atoms with van der Waals surface area (Å²) in [6.07, 6.45) is 7.51. The zero-order valence-corrected chi connectivity index (χ0v) is 11.8. The van der Waals surface area contributed by atoms with E-state index < -0.39 is 0 Å². The average Bonchev–Trinajstić information content (AvgIpc) is 2.80. The Balaban J connectivity index is 1.72. The van der Waals surface area contributed by atoms with Crippen LogP contribution in [0.3, 0.4) is 0 Å². The van der Waals surface area contributed by atoms with Crippen molar-refractivity contribution in [3.8, 4) is 0 Å². The maximum absolute atomic E-state index is 10.2. The molecule has 0 aliphatic heterocycles. The highest BCUT2D eigenvalue weighted by Gasteiger charge is 2.47. The highest BCUT2D eigenvalue weighted by atomic mass is 16.3. The Hall–Kier alpha value is -0.820. The molecule has 0 amide bonds. The van der Waals surface area contributed by atoms with Crippen LogP contribution >= 0.6 is 0 Å². The lowest BCUT2D eigenvalue weighted by molar-refractivity contribution is 0.0565. The Kier molecular flexibility index (Phi) is 2.73. The van der Waals surface area contributed by atoms with Gasteiger partial charge in [-0.3, -0.25) is 0 Å². The summed E-state index contributed by atoms with van der Waals surface area (Å²) in [5, 5.41) is 10.2. The maximum atomic E-state index is 10.2. The van der Waals surface area contributed by atoms with Crippen molar-refractivity contribution in [2.45, 2.75) is 57.5 Å². The van der Waals surface area contributed by atoms with Gasteiger partial charge in [-0.05, 0) is 85.8 Å². The van der Waals surface area contributed by atoms with Gasteiger partial charge in [0, 0.05) is 0 Å². The van der Waals surface area contributed by atoms with Crippen molar-refractivity contribution < 1.29 is 5.11 Å². The first-order valence-electron chi connectivity index (χ1n) is 8.02. The van der Waals surface area contributed by atoms with E-state index in [-0.39, 0.29) is 6.10 Å². The fourth-order valence-electron chi connectivity index (χ4n) is 5.49. The molecular weight excluding hydrogens is 232 g/mol. The molecule has 0 radical (unpaired) electrons. The van der Waals surface area contributed by atoms with Crippen LogP contribution in [0.15, 0.2) is 18.2 Å². The van der Waals surface area contributed by atoms with Crippen LogP contribution in [0, 0.1) is 24.7 Å². The fourth-order valence-corrected chi connectivity index (χ4v) is 5.49. The van der Waals surface area contributed by atoms with Gasteiger partial charge in [-0.25, -0.2) is 0 Å². The summed E-state index contributed by atoms with van der Waals surface area (Å²) in [5.41, 5.74) is 4.79. The van der Waals surface area contributed by atoms with Crippen molar-refractivity contribution in [1.82, 2.24) is 0 Å². The number of aliphatic hydroxyl groups is 1. The minimum atomic E-state index is 0.00390. The number of fused-ring (bicyclic) bond motifs is 5. The second-order valence-corrected chi connectivity index (χ2v) is 7.01. The van der Waals surface area contributed by atoms with Gasteiger partial charge in [0.05, 0.1) is 6.10 Å². The van der Waals surface area contributed by atoms with Crippen LogP contribution in [0.1, 0.15) is 54.7 Å². The standard InChI is InChI=1S/C18H24O/c1-11-3-2-4-12-5-6-14-13-9-10-17(19)15(13)7-8-16(14)18(11)12/h2-4,13-17,19H,5-10H2,1H3. The van der Waals surface area contributed by atoms with Gasteiger partial charge in [0.1, 0.15) is 0 Å². The van der Waals surface area contributed by atoms with Crippen LogP contribution < -0.4 is 0 Å². The molecule has 102 valence electrons. The lowest BCUT2D eigenvalue weighted by Crippen LogP contribution is -2.37. The summed E-state index contributed by atoms with van der Waals surface area (Å²) in [5.74, 6) is 3.06. The largest absolute Gasteiger partial charge is 0.393 e. The molecule has 0 aromatic heterocycles. The number of benzene rings is 1. The molecule has 5 unspecified atom stereocenters. The summed E-state index contributed by atoms with van der Waals surface area (Å²) in [6, 6.07) is 6.85. The van der Waals surface area contributed by atoms with E-state index in [1.807, 2.05) is 0 Å². The van der Waals surface area contributed by atoms with E-state index in [4.69, 9.17) is 0 Å². The quantitative estimate of drug-likeness (QED) is 0.748. The number of hydrogen-bond acceptors (Lipinski definition) is 1. The molecule has 1 nitrogen and oxygen atoms in total. The molecule has 1 aromatic rings. The smallest absolute Gasteiger partial charge is 0.0571 e. The van der Waals surface area contributed by atoms with E-state index in [2.05, 4.69) is 25.1 Å². The Labute approximate surface area is 116 Å². The molecule has 1 aromatic carbocycles. The molecule has 2 saturated carbocycles. The van der Waals surface area contributed by atoms with E-state index in [0.717, 1.165) is 24.2 Å². The van der Waals surface area contributed by atoms with Crippen molar-refractivity contribution in [3.63, 3.8) is 0 Å². The SMILES string of the molecule is Cc1cccc2c1C1CCC3C(O)CCC3C1CC2. The zero-order valence-electron chi connectivity index (χ0n) is 11.8. The number of aliphatic hydroxyl groups excluding tert-OH is 1. The molecule has 5 atom stereocenters. The summed E-state index contributed by atoms with van der Waals surface area (Å²) in [4.78, 5) is 0. The molecular formula is C18H24O. The summed E-state index contributed by atoms with van der Waals surface area (Å²) >= 11 is 0.